The van der Waals surface area contributed by atoms with Crippen molar-refractivity contribution >= 4 is 10.9 Å². The van der Waals surface area contributed by atoms with Gasteiger partial charge in [-0.15, -0.1) is 0 Å². The zero-order chi connectivity index (χ0) is 12.9. The monoisotopic (exact) mass is 250 g/mol. The van der Waals surface area contributed by atoms with E-state index in [1.807, 2.05) is 6.20 Å². The maximum atomic E-state index is 13.7. The Balaban J connectivity index is 2.06. The van der Waals surface area contributed by atoms with Crippen LogP contribution in [0.15, 0.2) is 24.4 Å². The zero-order valence-electron chi connectivity index (χ0n) is 10.5. The average Bonchev–Trinajstić information content (AvgIpc) is 2.66. The molecule has 0 bridgehead atoms. The highest BCUT2D eigenvalue weighted by Gasteiger charge is 2.34. The summed E-state index contributed by atoms with van der Waals surface area (Å²) in [5, 5.41) is 0.374. The van der Waals surface area contributed by atoms with Gasteiger partial charge >= 0.3 is 0 Å². The number of hydrogen-bond acceptors (Lipinski definition) is 1. The third-order valence-corrected chi connectivity index (χ3v) is 4.01. The van der Waals surface area contributed by atoms with E-state index >= 15 is 0 Å². The molecule has 1 saturated carbocycles. The Morgan fingerprint density at radius 1 is 1.17 bits per heavy atom. The van der Waals surface area contributed by atoms with E-state index in [1.165, 1.54) is 6.07 Å². The minimum Gasteiger partial charge on any atom is -0.343 e. The second-order valence-corrected chi connectivity index (χ2v) is 5.19. The summed E-state index contributed by atoms with van der Waals surface area (Å²) < 4.78 is 28.9. The highest BCUT2D eigenvalue weighted by molar-refractivity contribution is 5.81. The summed E-state index contributed by atoms with van der Waals surface area (Å²) in [6, 6.07) is 5.38. The maximum absolute atomic E-state index is 13.7. The molecule has 18 heavy (non-hydrogen) atoms. The van der Waals surface area contributed by atoms with Crippen LogP contribution in [-0.2, 0) is 0 Å². The molecule has 1 aromatic heterocycles. The fraction of sp³-hybridized carbons (Fsp3) is 0.429. The van der Waals surface area contributed by atoms with Crippen LogP contribution in [-0.4, -0.2) is 29.6 Å². The third-order valence-electron chi connectivity index (χ3n) is 4.01. The van der Waals surface area contributed by atoms with Crippen molar-refractivity contribution in [3.05, 3.63) is 36.0 Å². The van der Waals surface area contributed by atoms with Gasteiger partial charge in [0.15, 0.2) is 11.6 Å². The van der Waals surface area contributed by atoms with Crippen LogP contribution < -0.4 is 0 Å². The predicted molar refractivity (Wildman–Crippen MR) is 67.6 cm³/mol. The standard InChI is InChI=1S/C14H16F2N2/c1-17(2)12-5-6-13(12)18-8-7-9-11(18)4-3-10(15)14(9)16/h3-4,7-8,12-13H,5-6H2,1-2H3. The zero-order valence-corrected chi connectivity index (χ0v) is 10.5. The predicted octanol–water partition coefficient (Wildman–Crippen LogP) is 3.18. The minimum atomic E-state index is -0.780. The summed E-state index contributed by atoms with van der Waals surface area (Å²) in [6.45, 7) is 0. The van der Waals surface area contributed by atoms with E-state index in [2.05, 4.69) is 23.6 Å². The molecule has 96 valence electrons. The Morgan fingerprint density at radius 3 is 2.56 bits per heavy atom. The first-order chi connectivity index (χ1) is 8.59. The Bertz CT molecular complexity index is 589. The van der Waals surface area contributed by atoms with Crippen molar-refractivity contribution in [3.63, 3.8) is 0 Å². The number of nitrogens with zero attached hydrogens (tertiary/aromatic N) is 2. The molecular formula is C14H16F2N2. The summed E-state index contributed by atoms with van der Waals surface area (Å²) in [4.78, 5) is 2.19. The number of fused-ring (bicyclic) bond motifs is 1. The van der Waals surface area contributed by atoms with E-state index in [0.29, 0.717) is 17.5 Å². The SMILES string of the molecule is CN(C)C1CCC1n1ccc2c(F)c(F)ccc21. The lowest BCUT2D eigenvalue weighted by Crippen LogP contribution is -2.43. The van der Waals surface area contributed by atoms with Gasteiger partial charge in [-0.05, 0) is 45.1 Å². The first kappa shape index (κ1) is 11.7. The third kappa shape index (κ3) is 1.56. The summed E-state index contributed by atoms with van der Waals surface area (Å²) >= 11 is 0. The Labute approximate surface area is 105 Å². The molecule has 3 rings (SSSR count). The fourth-order valence-corrected chi connectivity index (χ4v) is 2.86. The summed E-state index contributed by atoms with van der Waals surface area (Å²) in [7, 11) is 4.12. The molecule has 2 atom stereocenters. The van der Waals surface area contributed by atoms with Gasteiger partial charge in [-0.3, -0.25) is 0 Å². The van der Waals surface area contributed by atoms with E-state index in [4.69, 9.17) is 0 Å². The molecule has 2 unspecified atom stereocenters. The second-order valence-electron chi connectivity index (χ2n) is 5.19. The molecule has 1 heterocycles. The van der Waals surface area contributed by atoms with Gasteiger partial charge in [-0.2, -0.15) is 0 Å². The highest BCUT2D eigenvalue weighted by Crippen LogP contribution is 2.38. The molecular weight excluding hydrogens is 234 g/mol. The van der Waals surface area contributed by atoms with E-state index in [9.17, 15) is 8.78 Å². The number of benzene rings is 1. The van der Waals surface area contributed by atoms with Crippen LogP contribution in [0.4, 0.5) is 8.78 Å². The van der Waals surface area contributed by atoms with Gasteiger partial charge in [0.25, 0.3) is 0 Å². The fourth-order valence-electron chi connectivity index (χ4n) is 2.86. The molecule has 0 N–H and O–H groups in total. The van der Waals surface area contributed by atoms with Crippen LogP contribution in [0.1, 0.15) is 18.9 Å². The number of likely N-dealkylation sites (N-methyl/N-ethyl adjacent to an activating group) is 1. The molecule has 4 heteroatoms. The van der Waals surface area contributed by atoms with Crippen molar-refractivity contribution in [3.8, 4) is 0 Å². The minimum absolute atomic E-state index is 0.363. The molecule has 0 aliphatic heterocycles. The van der Waals surface area contributed by atoms with E-state index in [-0.39, 0.29) is 0 Å². The lowest BCUT2D eigenvalue weighted by atomic mass is 9.85. The van der Waals surface area contributed by atoms with Crippen LogP contribution >= 0.6 is 0 Å². The smallest absolute Gasteiger partial charge is 0.168 e. The van der Waals surface area contributed by atoms with Gasteiger partial charge in [0.2, 0.25) is 0 Å². The molecule has 1 aliphatic rings. The van der Waals surface area contributed by atoms with Crippen LogP contribution in [0.5, 0.6) is 0 Å². The van der Waals surface area contributed by atoms with E-state index in [1.54, 1.807) is 12.1 Å². The summed E-state index contributed by atoms with van der Waals surface area (Å²) in [5.41, 5.74) is 0.783. The molecule has 2 aromatic rings. The van der Waals surface area contributed by atoms with Crippen molar-refractivity contribution in [2.75, 3.05) is 14.1 Å². The maximum Gasteiger partial charge on any atom is 0.168 e. The number of rotatable bonds is 2. The topological polar surface area (TPSA) is 8.17 Å². The number of aromatic nitrogens is 1. The number of halogens is 2. The van der Waals surface area contributed by atoms with Crippen molar-refractivity contribution in [1.82, 2.24) is 9.47 Å². The lowest BCUT2D eigenvalue weighted by Gasteiger charge is -2.42. The molecule has 0 amide bonds. The quantitative estimate of drug-likeness (QED) is 0.794. The van der Waals surface area contributed by atoms with E-state index < -0.39 is 11.6 Å². The molecule has 0 radical (unpaired) electrons. The molecule has 0 spiro atoms. The average molecular weight is 250 g/mol. The first-order valence-corrected chi connectivity index (χ1v) is 6.20. The highest BCUT2D eigenvalue weighted by atomic mass is 19.2. The first-order valence-electron chi connectivity index (χ1n) is 6.20. The van der Waals surface area contributed by atoms with Crippen LogP contribution in [0.3, 0.4) is 0 Å². The molecule has 0 saturated heterocycles. The molecule has 1 aliphatic carbocycles. The van der Waals surface area contributed by atoms with Crippen LogP contribution in [0.25, 0.3) is 10.9 Å². The van der Waals surface area contributed by atoms with E-state index in [0.717, 1.165) is 18.4 Å². The van der Waals surface area contributed by atoms with Crippen molar-refractivity contribution in [2.45, 2.75) is 24.9 Å². The van der Waals surface area contributed by atoms with Gasteiger partial charge in [0.05, 0.1) is 5.52 Å². The summed E-state index contributed by atoms with van der Waals surface area (Å²) in [5.74, 6) is -1.52. The van der Waals surface area contributed by atoms with Crippen molar-refractivity contribution < 1.29 is 8.78 Å². The summed E-state index contributed by atoms with van der Waals surface area (Å²) in [6.07, 6.45) is 4.11. The van der Waals surface area contributed by atoms with Gasteiger partial charge in [-0.1, -0.05) is 0 Å². The number of hydrogen-bond donors (Lipinski definition) is 0. The van der Waals surface area contributed by atoms with Gasteiger partial charge < -0.3 is 9.47 Å². The van der Waals surface area contributed by atoms with Crippen molar-refractivity contribution in [1.29, 1.82) is 0 Å². The second kappa shape index (κ2) is 4.05. The van der Waals surface area contributed by atoms with Gasteiger partial charge in [-0.25, -0.2) is 8.78 Å². The van der Waals surface area contributed by atoms with Gasteiger partial charge in [0.1, 0.15) is 0 Å². The molecule has 2 nitrogen and oxygen atoms in total. The van der Waals surface area contributed by atoms with Crippen molar-refractivity contribution in [2.24, 2.45) is 0 Å². The van der Waals surface area contributed by atoms with Crippen LogP contribution in [0, 0.1) is 11.6 Å². The van der Waals surface area contributed by atoms with Gasteiger partial charge in [0, 0.05) is 23.7 Å². The Kier molecular flexibility index (Phi) is 2.63. The Morgan fingerprint density at radius 2 is 1.94 bits per heavy atom. The lowest BCUT2D eigenvalue weighted by molar-refractivity contribution is 0.116. The Hall–Kier alpha value is -1.42. The molecule has 1 fully saturated rings. The largest absolute Gasteiger partial charge is 0.343 e. The normalized spacial score (nSPS) is 23.6. The van der Waals surface area contributed by atoms with Crippen LogP contribution in [0.2, 0.25) is 0 Å². The molecule has 1 aromatic carbocycles.